The second-order valence-electron chi connectivity index (χ2n) is 5.89. The molecular formula is C17H23N5O. The molecule has 0 saturated carbocycles. The highest BCUT2D eigenvalue weighted by Gasteiger charge is 2.20. The molecule has 1 aliphatic heterocycles. The van der Waals surface area contributed by atoms with Crippen molar-refractivity contribution in [3.8, 4) is 0 Å². The van der Waals surface area contributed by atoms with E-state index >= 15 is 0 Å². The smallest absolute Gasteiger partial charge is 0.144 e. The van der Waals surface area contributed by atoms with Crippen LogP contribution in [-0.2, 0) is 17.7 Å². The summed E-state index contributed by atoms with van der Waals surface area (Å²) >= 11 is 0. The molecule has 0 bridgehead atoms. The van der Waals surface area contributed by atoms with Gasteiger partial charge in [0.2, 0.25) is 0 Å². The van der Waals surface area contributed by atoms with Crippen molar-refractivity contribution < 1.29 is 4.74 Å². The fraction of sp³-hybridized carbons (Fsp3) is 0.471. The van der Waals surface area contributed by atoms with Gasteiger partial charge in [-0.3, -0.25) is 14.9 Å². The van der Waals surface area contributed by atoms with E-state index in [1.165, 1.54) is 5.56 Å². The lowest BCUT2D eigenvalue weighted by molar-refractivity contribution is 0.121. The van der Waals surface area contributed by atoms with Crippen molar-refractivity contribution in [1.82, 2.24) is 19.9 Å². The molecule has 6 heteroatoms. The molecule has 0 aliphatic carbocycles. The first-order chi connectivity index (χ1) is 11.3. The van der Waals surface area contributed by atoms with E-state index in [1.807, 2.05) is 31.7 Å². The van der Waals surface area contributed by atoms with Gasteiger partial charge in [0.25, 0.3) is 0 Å². The van der Waals surface area contributed by atoms with Gasteiger partial charge >= 0.3 is 0 Å². The quantitative estimate of drug-likeness (QED) is 0.905. The topological polar surface area (TPSA) is 63.2 Å². The molecule has 3 heterocycles. The standard InChI is InChI=1S/C17H23N5O/c1-18-17-10-20-9-16(21-17)7-15-12-22(5-6-23-13-15)11-14-3-2-4-19-8-14/h2-4,8-10,15H,5-7,11-13H2,1H3,(H,18,21). The first-order valence-corrected chi connectivity index (χ1v) is 8.01. The molecular weight excluding hydrogens is 290 g/mol. The maximum Gasteiger partial charge on any atom is 0.144 e. The number of hydrogen-bond donors (Lipinski definition) is 1. The summed E-state index contributed by atoms with van der Waals surface area (Å²) < 4.78 is 5.78. The Morgan fingerprint density at radius 2 is 2.26 bits per heavy atom. The van der Waals surface area contributed by atoms with Crippen LogP contribution in [0, 0.1) is 5.92 Å². The van der Waals surface area contributed by atoms with E-state index < -0.39 is 0 Å². The highest BCUT2D eigenvalue weighted by molar-refractivity contribution is 5.30. The Hall–Kier alpha value is -2.05. The van der Waals surface area contributed by atoms with Gasteiger partial charge in [-0.15, -0.1) is 0 Å². The van der Waals surface area contributed by atoms with Crippen LogP contribution < -0.4 is 5.32 Å². The first kappa shape index (κ1) is 15.8. The predicted octanol–water partition coefficient (Wildman–Crippen LogP) is 1.60. The number of anilines is 1. The highest BCUT2D eigenvalue weighted by atomic mass is 16.5. The zero-order valence-electron chi connectivity index (χ0n) is 13.5. The largest absolute Gasteiger partial charge is 0.380 e. The van der Waals surface area contributed by atoms with Crippen molar-refractivity contribution in [3.63, 3.8) is 0 Å². The average Bonchev–Trinajstić information content (AvgIpc) is 2.81. The van der Waals surface area contributed by atoms with Gasteiger partial charge in [0.05, 0.1) is 25.1 Å². The Morgan fingerprint density at radius 3 is 3.09 bits per heavy atom. The van der Waals surface area contributed by atoms with Gasteiger partial charge in [-0.2, -0.15) is 0 Å². The van der Waals surface area contributed by atoms with Crippen LogP contribution in [0.15, 0.2) is 36.9 Å². The van der Waals surface area contributed by atoms with Gasteiger partial charge < -0.3 is 10.1 Å². The third-order valence-electron chi connectivity index (χ3n) is 3.99. The van der Waals surface area contributed by atoms with Crippen LogP contribution in [0.3, 0.4) is 0 Å². The molecule has 3 rings (SSSR count). The van der Waals surface area contributed by atoms with E-state index in [0.717, 1.165) is 50.8 Å². The number of rotatable bonds is 5. The molecule has 0 radical (unpaired) electrons. The molecule has 1 aliphatic rings. The third-order valence-corrected chi connectivity index (χ3v) is 3.99. The van der Waals surface area contributed by atoms with E-state index in [4.69, 9.17) is 4.74 Å². The van der Waals surface area contributed by atoms with Gasteiger partial charge in [-0.1, -0.05) is 6.07 Å². The Labute approximate surface area is 136 Å². The lowest BCUT2D eigenvalue weighted by Crippen LogP contribution is -2.30. The normalized spacial score (nSPS) is 19.3. The maximum atomic E-state index is 5.78. The number of aromatic nitrogens is 3. The second kappa shape index (κ2) is 7.99. The number of hydrogen-bond acceptors (Lipinski definition) is 6. The van der Waals surface area contributed by atoms with Crippen molar-refractivity contribution in [2.75, 3.05) is 38.7 Å². The van der Waals surface area contributed by atoms with Gasteiger partial charge in [0, 0.05) is 51.2 Å². The lowest BCUT2D eigenvalue weighted by Gasteiger charge is -2.23. The molecule has 1 saturated heterocycles. The zero-order chi connectivity index (χ0) is 15.9. The molecule has 0 aromatic carbocycles. The van der Waals surface area contributed by atoms with Crippen molar-refractivity contribution in [2.45, 2.75) is 13.0 Å². The minimum absolute atomic E-state index is 0.426. The second-order valence-corrected chi connectivity index (χ2v) is 5.89. The van der Waals surface area contributed by atoms with Crippen LogP contribution in [0.25, 0.3) is 0 Å². The molecule has 2 aromatic rings. The number of ether oxygens (including phenoxy) is 1. The molecule has 23 heavy (non-hydrogen) atoms. The molecule has 1 atom stereocenters. The highest BCUT2D eigenvalue weighted by Crippen LogP contribution is 2.15. The van der Waals surface area contributed by atoms with Crippen molar-refractivity contribution in [3.05, 3.63) is 48.2 Å². The van der Waals surface area contributed by atoms with E-state index in [-0.39, 0.29) is 0 Å². The SMILES string of the molecule is CNc1cncc(CC2COCCN(Cc3cccnc3)C2)n1. The van der Waals surface area contributed by atoms with E-state index in [1.54, 1.807) is 6.20 Å². The summed E-state index contributed by atoms with van der Waals surface area (Å²) in [5.41, 5.74) is 2.25. The summed E-state index contributed by atoms with van der Waals surface area (Å²) in [6.07, 6.45) is 8.21. The number of nitrogens with one attached hydrogen (secondary N) is 1. The van der Waals surface area contributed by atoms with Crippen LogP contribution in [0.2, 0.25) is 0 Å². The summed E-state index contributed by atoms with van der Waals surface area (Å²) in [4.78, 5) is 15.4. The molecule has 6 nitrogen and oxygen atoms in total. The molecule has 0 spiro atoms. The summed E-state index contributed by atoms with van der Waals surface area (Å²) in [5, 5.41) is 3.04. The molecule has 122 valence electrons. The predicted molar refractivity (Wildman–Crippen MR) is 89.1 cm³/mol. The first-order valence-electron chi connectivity index (χ1n) is 8.01. The zero-order valence-corrected chi connectivity index (χ0v) is 13.5. The van der Waals surface area contributed by atoms with Gasteiger partial charge in [0.1, 0.15) is 5.82 Å². The summed E-state index contributed by atoms with van der Waals surface area (Å²) in [6.45, 7) is 4.41. The molecule has 1 unspecified atom stereocenters. The van der Waals surface area contributed by atoms with Crippen LogP contribution in [0.4, 0.5) is 5.82 Å². The summed E-state index contributed by atoms with van der Waals surface area (Å²) in [7, 11) is 1.86. The fourth-order valence-corrected chi connectivity index (χ4v) is 2.89. The Balaban J connectivity index is 1.62. The number of nitrogens with zero attached hydrogens (tertiary/aromatic N) is 4. The van der Waals surface area contributed by atoms with Crippen LogP contribution in [0.1, 0.15) is 11.3 Å². The van der Waals surface area contributed by atoms with Crippen LogP contribution in [0.5, 0.6) is 0 Å². The molecule has 0 amide bonds. The van der Waals surface area contributed by atoms with Crippen molar-refractivity contribution >= 4 is 5.82 Å². The molecule has 1 fully saturated rings. The summed E-state index contributed by atoms with van der Waals surface area (Å²) in [6, 6.07) is 4.11. The minimum atomic E-state index is 0.426. The van der Waals surface area contributed by atoms with Gasteiger partial charge in [0.15, 0.2) is 0 Å². The van der Waals surface area contributed by atoms with Crippen LogP contribution >= 0.6 is 0 Å². The Morgan fingerprint density at radius 1 is 1.30 bits per heavy atom. The van der Waals surface area contributed by atoms with E-state index in [9.17, 15) is 0 Å². The van der Waals surface area contributed by atoms with E-state index in [2.05, 4.69) is 31.2 Å². The Kier molecular flexibility index (Phi) is 5.50. The monoisotopic (exact) mass is 313 g/mol. The van der Waals surface area contributed by atoms with Gasteiger partial charge in [-0.05, 0) is 18.1 Å². The van der Waals surface area contributed by atoms with Crippen molar-refractivity contribution in [2.24, 2.45) is 5.92 Å². The Bertz CT molecular complexity index is 607. The third kappa shape index (κ3) is 4.71. The van der Waals surface area contributed by atoms with E-state index in [0.29, 0.717) is 5.92 Å². The minimum Gasteiger partial charge on any atom is -0.380 e. The fourth-order valence-electron chi connectivity index (χ4n) is 2.89. The molecule has 2 aromatic heterocycles. The maximum absolute atomic E-state index is 5.78. The van der Waals surface area contributed by atoms with Crippen LogP contribution in [-0.4, -0.2) is 53.2 Å². The van der Waals surface area contributed by atoms with Gasteiger partial charge in [-0.25, -0.2) is 4.98 Å². The summed E-state index contributed by atoms with van der Waals surface area (Å²) in [5.74, 6) is 1.24. The van der Waals surface area contributed by atoms with Crippen molar-refractivity contribution in [1.29, 1.82) is 0 Å². The average molecular weight is 313 g/mol. The lowest BCUT2D eigenvalue weighted by atomic mass is 10.0. The molecule has 1 N–H and O–H groups in total. The number of pyridine rings is 1.